The van der Waals surface area contributed by atoms with Crippen molar-refractivity contribution in [2.45, 2.75) is 0 Å². The van der Waals surface area contributed by atoms with Crippen molar-refractivity contribution >= 4 is 33.7 Å². The molecule has 0 radical (unpaired) electrons. The molecule has 4 aromatic carbocycles. The van der Waals surface area contributed by atoms with E-state index in [1.54, 1.807) is 0 Å². The van der Waals surface area contributed by atoms with Crippen LogP contribution in [0.15, 0.2) is 72.8 Å². The Morgan fingerprint density at radius 3 is 1.62 bits per heavy atom. The van der Waals surface area contributed by atoms with Crippen LogP contribution in [0.5, 0.6) is 0 Å². The molecule has 26 heavy (non-hydrogen) atoms. The predicted octanol–water partition coefficient (Wildman–Crippen LogP) is 5.91. The van der Waals surface area contributed by atoms with E-state index in [-0.39, 0.29) is 0 Å². The second-order valence-electron chi connectivity index (χ2n) is 6.06. The molecular formula is C24H14N2. The zero-order chi connectivity index (χ0) is 17.9. The summed E-state index contributed by atoms with van der Waals surface area (Å²) < 4.78 is 0. The maximum absolute atomic E-state index is 9.69. The molecule has 0 spiro atoms. The Morgan fingerprint density at radius 2 is 1.12 bits per heavy atom. The molecule has 0 aliphatic carbocycles. The fourth-order valence-electron chi connectivity index (χ4n) is 3.31. The zero-order valence-corrected chi connectivity index (χ0v) is 14.0. The molecule has 2 heteroatoms. The van der Waals surface area contributed by atoms with Crippen LogP contribution in [0.1, 0.15) is 22.3 Å². The van der Waals surface area contributed by atoms with Crippen molar-refractivity contribution in [1.29, 1.82) is 10.5 Å². The lowest BCUT2D eigenvalue weighted by atomic mass is 9.92. The first-order valence-corrected chi connectivity index (χ1v) is 8.33. The summed E-state index contributed by atoms with van der Waals surface area (Å²) in [6, 6.07) is 28.0. The Bertz CT molecular complexity index is 1180. The smallest absolute Gasteiger partial charge is 0.100 e. The Hall–Kier alpha value is -3.88. The van der Waals surface area contributed by atoms with E-state index in [0.29, 0.717) is 11.1 Å². The third kappa shape index (κ3) is 2.61. The van der Waals surface area contributed by atoms with Gasteiger partial charge in [0.15, 0.2) is 0 Å². The normalized spacial score (nSPS) is 10.8. The number of benzene rings is 4. The van der Waals surface area contributed by atoms with E-state index in [2.05, 4.69) is 30.3 Å². The highest BCUT2D eigenvalue weighted by Crippen LogP contribution is 2.33. The fourth-order valence-corrected chi connectivity index (χ4v) is 3.31. The van der Waals surface area contributed by atoms with Gasteiger partial charge in [-0.3, -0.25) is 0 Å². The second-order valence-corrected chi connectivity index (χ2v) is 6.06. The van der Waals surface area contributed by atoms with Gasteiger partial charge in [-0.15, -0.1) is 0 Å². The largest absolute Gasteiger partial charge is 0.192 e. The highest BCUT2D eigenvalue weighted by molar-refractivity contribution is 6.12. The molecule has 0 heterocycles. The van der Waals surface area contributed by atoms with Crippen LogP contribution in [0.3, 0.4) is 0 Å². The van der Waals surface area contributed by atoms with E-state index in [1.807, 2.05) is 66.7 Å². The van der Waals surface area contributed by atoms with E-state index in [0.717, 1.165) is 32.7 Å². The summed E-state index contributed by atoms with van der Waals surface area (Å²) in [5, 5.41) is 22.7. The highest BCUT2D eigenvalue weighted by Gasteiger charge is 2.11. The van der Waals surface area contributed by atoms with Crippen molar-refractivity contribution in [1.82, 2.24) is 0 Å². The van der Waals surface area contributed by atoms with Gasteiger partial charge in [-0.25, -0.2) is 0 Å². The molecule has 0 amide bonds. The molecule has 2 nitrogen and oxygen atoms in total. The molecule has 0 N–H and O–H groups in total. The van der Waals surface area contributed by atoms with Gasteiger partial charge in [0, 0.05) is 10.8 Å². The van der Waals surface area contributed by atoms with Gasteiger partial charge in [-0.05, 0) is 34.0 Å². The first-order valence-electron chi connectivity index (χ1n) is 8.33. The summed E-state index contributed by atoms with van der Waals surface area (Å²) in [6.07, 6.45) is 4.13. The molecular weight excluding hydrogens is 316 g/mol. The van der Waals surface area contributed by atoms with Gasteiger partial charge in [0.2, 0.25) is 0 Å². The topological polar surface area (TPSA) is 47.6 Å². The standard InChI is InChI=1S/C24H14N2/c25-15-18-11-9-17(10-12-18)13-14-23-19-5-1-3-7-21(19)24(16-26)22-8-4-2-6-20(22)23/h1-14H/b14-13+. The second kappa shape index (κ2) is 6.55. The van der Waals surface area contributed by atoms with Gasteiger partial charge >= 0.3 is 0 Å². The van der Waals surface area contributed by atoms with Gasteiger partial charge < -0.3 is 0 Å². The van der Waals surface area contributed by atoms with E-state index >= 15 is 0 Å². The Kier molecular flexibility index (Phi) is 3.94. The van der Waals surface area contributed by atoms with Crippen LogP contribution in [0.4, 0.5) is 0 Å². The molecule has 0 unspecified atom stereocenters. The summed E-state index contributed by atoms with van der Waals surface area (Å²) >= 11 is 0. The number of hydrogen-bond acceptors (Lipinski definition) is 2. The van der Waals surface area contributed by atoms with Crippen LogP contribution in [-0.4, -0.2) is 0 Å². The summed E-state index contributed by atoms with van der Waals surface area (Å²) in [4.78, 5) is 0. The molecule has 0 aromatic heterocycles. The molecule has 0 aliphatic heterocycles. The fraction of sp³-hybridized carbons (Fsp3) is 0. The van der Waals surface area contributed by atoms with Crippen LogP contribution in [0.2, 0.25) is 0 Å². The van der Waals surface area contributed by atoms with Crippen LogP contribution in [0.25, 0.3) is 33.7 Å². The van der Waals surface area contributed by atoms with Crippen molar-refractivity contribution in [2.24, 2.45) is 0 Å². The zero-order valence-electron chi connectivity index (χ0n) is 14.0. The van der Waals surface area contributed by atoms with Gasteiger partial charge in [-0.2, -0.15) is 10.5 Å². The number of nitriles is 2. The SMILES string of the molecule is N#Cc1ccc(/C=C/c2c3ccccc3c(C#N)c3ccccc23)cc1. The van der Waals surface area contributed by atoms with Gasteiger partial charge in [0.1, 0.15) is 6.07 Å². The van der Waals surface area contributed by atoms with Crippen LogP contribution < -0.4 is 0 Å². The van der Waals surface area contributed by atoms with Gasteiger partial charge in [0.05, 0.1) is 17.2 Å². The number of fused-ring (bicyclic) bond motifs is 2. The number of nitrogens with zero attached hydrogens (tertiary/aromatic N) is 2. The maximum atomic E-state index is 9.69. The molecule has 0 saturated carbocycles. The van der Waals surface area contributed by atoms with Crippen molar-refractivity contribution in [3.8, 4) is 12.1 Å². The molecule has 0 saturated heterocycles. The minimum absolute atomic E-state index is 0.649. The lowest BCUT2D eigenvalue weighted by Crippen LogP contribution is -1.89. The molecule has 0 bridgehead atoms. The quantitative estimate of drug-likeness (QED) is 0.339. The Morgan fingerprint density at radius 1 is 0.577 bits per heavy atom. The average molecular weight is 330 g/mol. The first kappa shape index (κ1) is 15.6. The molecule has 0 atom stereocenters. The summed E-state index contributed by atoms with van der Waals surface area (Å²) in [5.74, 6) is 0. The molecule has 4 aromatic rings. The number of hydrogen-bond donors (Lipinski definition) is 0. The average Bonchev–Trinajstić information content (AvgIpc) is 2.71. The van der Waals surface area contributed by atoms with E-state index in [1.165, 1.54) is 0 Å². The Balaban J connectivity index is 1.97. The van der Waals surface area contributed by atoms with Crippen molar-refractivity contribution in [2.75, 3.05) is 0 Å². The lowest BCUT2D eigenvalue weighted by Gasteiger charge is -2.11. The van der Waals surface area contributed by atoms with Crippen LogP contribution in [0, 0.1) is 22.7 Å². The third-order valence-corrected chi connectivity index (χ3v) is 4.57. The van der Waals surface area contributed by atoms with Crippen molar-refractivity contribution < 1.29 is 0 Å². The van der Waals surface area contributed by atoms with Crippen molar-refractivity contribution in [3.05, 3.63) is 95.1 Å². The molecule has 0 fully saturated rings. The molecule has 0 aliphatic rings. The van der Waals surface area contributed by atoms with Crippen LogP contribution in [-0.2, 0) is 0 Å². The highest BCUT2D eigenvalue weighted by atomic mass is 14.3. The first-order chi connectivity index (χ1) is 12.8. The van der Waals surface area contributed by atoms with E-state index in [9.17, 15) is 5.26 Å². The molecule has 4 rings (SSSR count). The minimum Gasteiger partial charge on any atom is -0.192 e. The van der Waals surface area contributed by atoms with Gasteiger partial charge in [-0.1, -0.05) is 72.8 Å². The summed E-state index contributed by atoms with van der Waals surface area (Å²) in [5.41, 5.74) is 3.49. The van der Waals surface area contributed by atoms with Crippen molar-refractivity contribution in [3.63, 3.8) is 0 Å². The van der Waals surface area contributed by atoms with E-state index < -0.39 is 0 Å². The summed E-state index contributed by atoms with van der Waals surface area (Å²) in [7, 11) is 0. The monoisotopic (exact) mass is 330 g/mol. The minimum atomic E-state index is 0.649. The van der Waals surface area contributed by atoms with Crippen LogP contribution >= 0.6 is 0 Å². The summed E-state index contributed by atoms with van der Waals surface area (Å²) in [6.45, 7) is 0. The predicted molar refractivity (Wildman–Crippen MR) is 106 cm³/mol. The Labute approximate surface area is 151 Å². The third-order valence-electron chi connectivity index (χ3n) is 4.57. The number of rotatable bonds is 2. The van der Waals surface area contributed by atoms with E-state index in [4.69, 9.17) is 5.26 Å². The molecule has 120 valence electrons. The van der Waals surface area contributed by atoms with Gasteiger partial charge in [0.25, 0.3) is 0 Å². The maximum Gasteiger partial charge on any atom is 0.100 e. The lowest BCUT2D eigenvalue weighted by molar-refractivity contribution is 1.48.